The van der Waals surface area contributed by atoms with Gasteiger partial charge in [0.2, 0.25) is 0 Å². The van der Waals surface area contributed by atoms with Crippen molar-refractivity contribution in [3.63, 3.8) is 0 Å². The fourth-order valence-corrected chi connectivity index (χ4v) is 3.44. The molecular formula is C16H16Br2O2. The molecule has 0 aliphatic heterocycles. The molecule has 4 heteroatoms. The maximum absolute atomic E-state index is 5.29. The molecule has 0 heterocycles. The first-order valence-corrected chi connectivity index (χ1v) is 7.86. The molecule has 0 saturated heterocycles. The van der Waals surface area contributed by atoms with E-state index in [1.165, 1.54) is 11.1 Å². The van der Waals surface area contributed by atoms with E-state index < -0.39 is 0 Å². The van der Waals surface area contributed by atoms with Gasteiger partial charge in [-0.2, -0.15) is 0 Å². The van der Waals surface area contributed by atoms with E-state index in [0.29, 0.717) is 0 Å². The molecule has 0 radical (unpaired) electrons. The Bertz CT molecular complexity index is 555. The molecule has 2 aromatic carbocycles. The number of ether oxygens (including phenoxy) is 2. The van der Waals surface area contributed by atoms with Crippen molar-refractivity contribution in [1.82, 2.24) is 0 Å². The third-order valence-electron chi connectivity index (χ3n) is 3.04. The summed E-state index contributed by atoms with van der Waals surface area (Å²) in [7, 11) is 3.34. The van der Waals surface area contributed by atoms with Crippen molar-refractivity contribution >= 4 is 31.9 Å². The Kier molecular flexibility index (Phi) is 5.49. The fraction of sp³-hybridized carbons (Fsp3) is 0.250. The molecule has 2 rings (SSSR count). The number of benzene rings is 2. The van der Waals surface area contributed by atoms with Gasteiger partial charge in [0, 0.05) is 15.0 Å². The summed E-state index contributed by atoms with van der Waals surface area (Å²) in [6.45, 7) is 0. The van der Waals surface area contributed by atoms with Gasteiger partial charge in [-0.3, -0.25) is 0 Å². The monoisotopic (exact) mass is 398 g/mol. The molecule has 0 atom stereocenters. The Hall–Kier alpha value is -1.00. The van der Waals surface area contributed by atoms with Crippen LogP contribution in [0, 0.1) is 0 Å². The average Bonchev–Trinajstić information content (AvgIpc) is 2.43. The summed E-state index contributed by atoms with van der Waals surface area (Å²) in [5.74, 6) is 1.66. The lowest BCUT2D eigenvalue weighted by molar-refractivity contribution is 0.393. The van der Waals surface area contributed by atoms with Gasteiger partial charge in [0.25, 0.3) is 0 Å². The summed E-state index contributed by atoms with van der Waals surface area (Å²) in [6.07, 6.45) is 1.91. The highest BCUT2D eigenvalue weighted by atomic mass is 79.9. The van der Waals surface area contributed by atoms with Gasteiger partial charge >= 0.3 is 0 Å². The first-order chi connectivity index (χ1) is 9.60. The lowest BCUT2D eigenvalue weighted by Crippen LogP contribution is -1.95. The van der Waals surface area contributed by atoms with Crippen LogP contribution in [-0.2, 0) is 12.8 Å². The molecule has 0 fully saturated rings. The second kappa shape index (κ2) is 7.14. The largest absolute Gasteiger partial charge is 0.497 e. The molecule has 0 aromatic heterocycles. The predicted octanol–water partition coefficient (Wildman–Crippen LogP) is 5.01. The number of methoxy groups -OCH3 is 2. The minimum atomic E-state index is 0.828. The molecular weight excluding hydrogens is 384 g/mol. The van der Waals surface area contributed by atoms with Crippen molar-refractivity contribution in [3.8, 4) is 11.5 Å². The van der Waals surface area contributed by atoms with Crippen LogP contribution in [0.2, 0.25) is 0 Å². The maximum atomic E-state index is 5.29. The van der Waals surface area contributed by atoms with Gasteiger partial charge in [-0.15, -0.1) is 0 Å². The van der Waals surface area contributed by atoms with Gasteiger partial charge in [0.05, 0.1) is 14.2 Å². The van der Waals surface area contributed by atoms with Crippen molar-refractivity contribution in [1.29, 1.82) is 0 Å². The summed E-state index contributed by atoms with van der Waals surface area (Å²) in [5, 5.41) is 0. The summed E-state index contributed by atoms with van der Waals surface area (Å²) >= 11 is 7.03. The van der Waals surface area contributed by atoms with Crippen LogP contribution in [0.5, 0.6) is 11.5 Å². The minimum absolute atomic E-state index is 0.828. The fourth-order valence-electron chi connectivity index (χ4n) is 2.05. The van der Waals surface area contributed by atoms with Gasteiger partial charge in [0.15, 0.2) is 0 Å². The Balaban J connectivity index is 2.13. The molecule has 0 unspecified atom stereocenters. The van der Waals surface area contributed by atoms with Gasteiger partial charge in [-0.1, -0.05) is 31.9 Å². The molecule has 0 spiro atoms. The Morgan fingerprint density at radius 2 is 1.15 bits per heavy atom. The second-order valence-corrected chi connectivity index (χ2v) is 6.33. The molecule has 0 aliphatic rings. The molecule has 2 nitrogen and oxygen atoms in total. The number of halogens is 2. The average molecular weight is 400 g/mol. The van der Waals surface area contributed by atoms with E-state index in [2.05, 4.69) is 56.1 Å². The summed E-state index contributed by atoms with van der Waals surface area (Å²) in [6, 6.07) is 12.3. The molecule has 0 N–H and O–H groups in total. The Morgan fingerprint density at radius 3 is 1.60 bits per heavy atom. The first kappa shape index (κ1) is 15.4. The van der Waals surface area contributed by atoms with E-state index in [1.807, 2.05) is 12.1 Å². The van der Waals surface area contributed by atoms with Crippen molar-refractivity contribution in [3.05, 3.63) is 56.5 Å². The highest BCUT2D eigenvalue weighted by Crippen LogP contribution is 2.25. The van der Waals surface area contributed by atoms with Gasteiger partial charge in [0.1, 0.15) is 11.5 Å². The summed E-state index contributed by atoms with van der Waals surface area (Å²) in [4.78, 5) is 0. The lowest BCUT2D eigenvalue weighted by atomic mass is 10.0. The zero-order chi connectivity index (χ0) is 14.5. The minimum Gasteiger partial charge on any atom is -0.497 e. The number of hydrogen-bond acceptors (Lipinski definition) is 2. The van der Waals surface area contributed by atoms with Crippen molar-refractivity contribution < 1.29 is 9.47 Å². The zero-order valence-corrected chi connectivity index (χ0v) is 14.6. The Morgan fingerprint density at radius 1 is 0.700 bits per heavy atom. The van der Waals surface area contributed by atoms with E-state index in [0.717, 1.165) is 33.3 Å². The smallest absolute Gasteiger partial charge is 0.122 e. The van der Waals surface area contributed by atoms with Gasteiger partial charge in [-0.25, -0.2) is 0 Å². The van der Waals surface area contributed by atoms with Crippen LogP contribution in [-0.4, -0.2) is 14.2 Å². The quantitative estimate of drug-likeness (QED) is 0.703. The summed E-state index contributed by atoms with van der Waals surface area (Å²) < 4.78 is 12.8. The van der Waals surface area contributed by atoms with Gasteiger partial charge < -0.3 is 9.47 Å². The second-order valence-electron chi connectivity index (χ2n) is 4.50. The highest BCUT2D eigenvalue weighted by molar-refractivity contribution is 9.11. The molecule has 2 aromatic rings. The van der Waals surface area contributed by atoms with Crippen LogP contribution in [0.1, 0.15) is 11.1 Å². The molecule has 0 amide bonds. The third-order valence-corrected chi connectivity index (χ3v) is 3.95. The maximum Gasteiger partial charge on any atom is 0.122 e. The number of rotatable bonds is 5. The summed E-state index contributed by atoms with van der Waals surface area (Å²) in [5.41, 5.74) is 2.49. The lowest BCUT2D eigenvalue weighted by Gasteiger charge is -2.09. The zero-order valence-electron chi connectivity index (χ0n) is 11.5. The van der Waals surface area contributed by atoms with Crippen LogP contribution in [0.4, 0.5) is 0 Å². The first-order valence-electron chi connectivity index (χ1n) is 6.27. The molecule has 106 valence electrons. The van der Waals surface area contributed by atoms with Crippen LogP contribution >= 0.6 is 31.9 Å². The van der Waals surface area contributed by atoms with E-state index >= 15 is 0 Å². The molecule has 0 saturated carbocycles. The van der Waals surface area contributed by atoms with Crippen LogP contribution < -0.4 is 9.47 Å². The third kappa shape index (κ3) is 4.25. The van der Waals surface area contributed by atoms with E-state index in [4.69, 9.17) is 9.47 Å². The van der Waals surface area contributed by atoms with Gasteiger partial charge in [-0.05, 0) is 54.3 Å². The van der Waals surface area contributed by atoms with E-state index in [-0.39, 0.29) is 0 Å². The molecule has 20 heavy (non-hydrogen) atoms. The normalized spacial score (nSPS) is 10.4. The van der Waals surface area contributed by atoms with Crippen LogP contribution in [0.25, 0.3) is 0 Å². The van der Waals surface area contributed by atoms with E-state index in [1.54, 1.807) is 14.2 Å². The Labute approximate surface area is 136 Å². The predicted molar refractivity (Wildman–Crippen MR) is 88.8 cm³/mol. The topological polar surface area (TPSA) is 18.5 Å². The number of hydrogen-bond donors (Lipinski definition) is 0. The van der Waals surface area contributed by atoms with Crippen molar-refractivity contribution in [2.75, 3.05) is 14.2 Å². The van der Waals surface area contributed by atoms with Crippen molar-refractivity contribution in [2.24, 2.45) is 0 Å². The van der Waals surface area contributed by atoms with Crippen LogP contribution in [0.3, 0.4) is 0 Å². The standard InChI is InChI=1S/C16H16Br2O2/c1-19-15-7-12(8-16(10-15)20-2)4-3-11-5-13(17)9-14(18)6-11/h5-10H,3-4H2,1-2H3. The van der Waals surface area contributed by atoms with Crippen molar-refractivity contribution in [2.45, 2.75) is 12.8 Å². The molecule has 0 bridgehead atoms. The van der Waals surface area contributed by atoms with Crippen LogP contribution in [0.15, 0.2) is 45.3 Å². The molecule has 0 aliphatic carbocycles. The highest BCUT2D eigenvalue weighted by Gasteiger charge is 2.04. The number of aryl methyl sites for hydroxylation is 2. The SMILES string of the molecule is COc1cc(CCc2cc(Br)cc(Br)c2)cc(OC)c1. The van der Waals surface area contributed by atoms with E-state index in [9.17, 15) is 0 Å².